The zero-order valence-corrected chi connectivity index (χ0v) is 38.6. The summed E-state index contributed by atoms with van der Waals surface area (Å²) in [6.07, 6.45) is 54.1. The molecule has 0 aliphatic carbocycles. The number of carbonyl (C=O) groups is 2. The summed E-state index contributed by atoms with van der Waals surface area (Å²) in [5.74, 6) is 0.496. The van der Waals surface area contributed by atoms with Gasteiger partial charge in [0.2, 0.25) is 0 Å². The molecule has 0 bridgehead atoms. The highest BCUT2D eigenvalue weighted by Crippen LogP contribution is 2.25. The quantitative estimate of drug-likeness (QED) is 0.0499. The van der Waals surface area contributed by atoms with Crippen molar-refractivity contribution in [3.05, 3.63) is 72.4 Å². The van der Waals surface area contributed by atoms with Crippen LogP contribution in [0.15, 0.2) is 66.8 Å². The molecule has 0 aliphatic rings. The molecule has 1 aromatic rings. The van der Waals surface area contributed by atoms with Crippen LogP contribution in [0, 0.1) is 0 Å². The van der Waals surface area contributed by atoms with E-state index in [1.807, 2.05) is 0 Å². The molecule has 0 fully saturated rings. The van der Waals surface area contributed by atoms with Gasteiger partial charge < -0.3 is 24.6 Å². The Morgan fingerprint density at radius 3 is 1.05 bits per heavy atom. The van der Waals surface area contributed by atoms with Crippen molar-refractivity contribution >= 4 is 11.9 Å². The number of carboxylic acids is 2. The second-order valence-corrected chi connectivity index (χ2v) is 17.0. The molecule has 0 aliphatic heterocycles. The SMILES string of the molecule is CN(C)Cc1cc(OCCCCCCCCCC=CCC=CCCCCCCCC(=O)O)cc(OCCCCCCCCCC=CCC=CCCCCCCCC(=O)O)c1. The van der Waals surface area contributed by atoms with Crippen LogP contribution in [-0.4, -0.2) is 54.4 Å². The highest BCUT2D eigenvalue weighted by atomic mass is 16.5. The first-order valence-corrected chi connectivity index (χ1v) is 24.4. The Labute approximate surface area is 368 Å². The third-order valence-corrected chi connectivity index (χ3v) is 10.7. The van der Waals surface area contributed by atoms with Gasteiger partial charge in [-0.15, -0.1) is 0 Å². The van der Waals surface area contributed by atoms with Crippen molar-refractivity contribution in [2.24, 2.45) is 0 Å². The van der Waals surface area contributed by atoms with Gasteiger partial charge in [-0.2, -0.15) is 0 Å². The number of benzene rings is 1. The number of aliphatic carboxylic acids is 2. The summed E-state index contributed by atoms with van der Waals surface area (Å²) < 4.78 is 12.4. The average molecular weight is 836 g/mol. The summed E-state index contributed by atoms with van der Waals surface area (Å²) in [4.78, 5) is 23.2. The van der Waals surface area contributed by atoms with Crippen molar-refractivity contribution in [2.45, 2.75) is 212 Å². The molecule has 0 amide bonds. The van der Waals surface area contributed by atoms with Crippen LogP contribution in [-0.2, 0) is 16.1 Å². The smallest absolute Gasteiger partial charge is 0.303 e. The maximum atomic E-state index is 10.5. The minimum absolute atomic E-state index is 0.308. The van der Waals surface area contributed by atoms with Gasteiger partial charge in [0.15, 0.2) is 0 Å². The van der Waals surface area contributed by atoms with Gasteiger partial charge in [-0.3, -0.25) is 9.59 Å². The summed E-state index contributed by atoms with van der Waals surface area (Å²) in [7, 11) is 4.20. The van der Waals surface area contributed by atoms with Crippen LogP contribution < -0.4 is 9.47 Å². The molecule has 0 saturated heterocycles. The highest BCUT2D eigenvalue weighted by molar-refractivity contribution is 5.66. The van der Waals surface area contributed by atoms with E-state index in [1.165, 1.54) is 121 Å². The van der Waals surface area contributed by atoms with E-state index in [9.17, 15) is 9.59 Å². The lowest BCUT2D eigenvalue weighted by molar-refractivity contribution is -0.138. The zero-order valence-electron chi connectivity index (χ0n) is 38.6. The van der Waals surface area contributed by atoms with E-state index in [4.69, 9.17) is 19.7 Å². The van der Waals surface area contributed by atoms with Gasteiger partial charge in [0, 0.05) is 25.5 Å². The topological polar surface area (TPSA) is 96.3 Å². The number of unbranched alkanes of at least 4 members (excludes halogenated alkanes) is 24. The summed E-state index contributed by atoms with van der Waals surface area (Å²) in [6.45, 7) is 2.39. The Morgan fingerprint density at radius 1 is 0.433 bits per heavy atom. The van der Waals surface area contributed by atoms with E-state index in [0.717, 1.165) is 108 Å². The Kier molecular flexibility index (Phi) is 38.6. The van der Waals surface area contributed by atoms with Crippen LogP contribution >= 0.6 is 0 Å². The predicted octanol–water partition coefficient (Wildman–Crippen LogP) is 15.4. The first-order chi connectivity index (χ1) is 29.4. The Balaban J connectivity index is 2.03. The molecule has 1 rings (SSSR count). The van der Waals surface area contributed by atoms with Crippen LogP contribution in [0.1, 0.15) is 211 Å². The molecule has 0 spiro atoms. The summed E-state index contributed by atoms with van der Waals surface area (Å²) in [5.41, 5.74) is 1.23. The molecule has 7 nitrogen and oxygen atoms in total. The largest absolute Gasteiger partial charge is 0.493 e. The van der Waals surface area contributed by atoms with Crippen molar-refractivity contribution < 1.29 is 29.3 Å². The van der Waals surface area contributed by atoms with Crippen LogP contribution in [0.3, 0.4) is 0 Å². The fraction of sp³-hybridized carbons (Fsp3) is 0.698. The molecule has 7 heteroatoms. The third-order valence-electron chi connectivity index (χ3n) is 10.7. The van der Waals surface area contributed by atoms with Crippen LogP contribution in [0.2, 0.25) is 0 Å². The molecular formula is C53H89NO6. The second kappa shape index (κ2) is 42.4. The first-order valence-electron chi connectivity index (χ1n) is 24.4. The van der Waals surface area contributed by atoms with Crippen molar-refractivity contribution in [2.75, 3.05) is 27.3 Å². The summed E-state index contributed by atoms with van der Waals surface area (Å²) in [6, 6.07) is 6.41. The molecule has 0 heterocycles. The lowest BCUT2D eigenvalue weighted by Gasteiger charge is -2.15. The fourth-order valence-electron chi connectivity index (χ4n) is 7.28. The average Bonchev–Trinajstić information content (AvgIpc) is 3.21. The van der Waals surface area contributed by atoms with E-state index >= 15 is 0 Å². The van der Waals surface area contributed by atoms with Crippen LogP contribution in [0.4, 0.5) is 0 Å². The fourth-order valence-corrected chi connectivity index (χ4v) is 7.28. The second-order valence-electron chi connectivity index (χ2n) is 17.0. The van der Waals surface area contributed by atoms with Crippen molar-refractivity contribution in [1.82, 2.24) is 4.90 Å². The van der Waals surface area contributed by atoms with Gasteiger partial charge in [-0.05, 0) is 122 Å². The number of hydrogen-bond acceptors (Lipinski definition) is 5. The van der Waals surface area contributed by atoms with E-state index in [0.29, 0.717) is 12.8 Å². The van der Waals surface area contributed by atoms with E-state index in [1.54, 1.807) is 0 Å². The third kappa shape index (κ3) is 40.1. The number of hydrogen-bond donors (Lipinski definition) is 2. The Bertz CT molecular complexity index is 1180. The maximum absolute atomic E-state index is 10.5. The molecule has 60 heavy (non-hydrogen) atoms. The molecule has 0 saturated carbocycles. The number of nitrogens with zero attached hydrogens (tertiary/aromatic N) is 1. The zero-order chi connectivity index (χ0) is 43.4. The maximum Gasteiger partial charge on any atom is 0.303 e. The van der Waals surface area contributed by atoms with Gasteiger partial charge in [-0.1, -0.05) is 151 Å². The molecule has 0 radical (unpaired) electrons. The van der Waals surface area contributed by atoms with Crippen molar-refractivity contribution in [3.63, 3.8) is 0 Å². The van der Waals surface area contributed by atoms with Gasteiger partial charge >= 0.3 is 11.9 Å². The van der Waals surface area contributed by atoms with Gasteiger partial charge in [0.25, 0.3) is 0 Å². The molecule has 342 valence electrons. The molecule has 0 aromatic heterocycles. The first kappa shape index (κ1) is 54.7. The van der Waals surface area contributed by atoms with Crippen molar-refractivity contribution in [1.29, 1.82) is 0 Å². The molecular weight excluding hydrogens is 747 g/mol. The normalized spacial score (nSPS) is 12.0. The molecule has 0 atom stereocenters. The Hall–Kier alpha value is -3.32. The van der Waals surface area contributed by atoms with Crippen LogP contribution in [0.25, 0.3) is 0 Å². The predicted molar refractivity (Wildman–Crippen MR) is 254 cm³/mol. The van der Waals surface area contributed by atoms with E-state index < -0.39 is 11.9 Å². The molecule has 1 aromatic carbocycles. The van der Waals surface area contributed by atoms with Gasteiger partial charge in [-0.25, -0.2) is 0 Å². The monoisotopic (exact) mass is 836 g/mol. The van der Waals surface area contributed by atoms with Crippen LogP contribution in [0.5, 0.6) is 11.5 Å². The van der Waals surface area contributed by atoms with Crippen molar-refractivity contribution in [3.8, 4) is 11.5 Å². The Morgan fingerprint density at radius 2 is 0.733 bits per heavy atom. The van der Waals surface area contributed by atoms with E-state index in [2.05, 4.69) is 85.8 Å². The number of allylic oxidation sites excluding steroid dienone is 8. The summed E-state index contributed by atoms with van der Waals surface area (Å²) >= 11 is 0. The lowest BCUT2D eigenvalue weighted by Crippen LogP contribution is -2.11. The molecule has 0 unspecified atom stereocenters. The standard InChI is InChI=1S/C53H89NO6/c1-54(2)48-49-45-50(59-43-39-35-31-27-23-19-15-11-7-3-5-9-13-17-21-25-29-33-37-41-52(55)56)47-51(46-49)60-44-40-36-32-28-24-20-16-12-8-4-6-10-14-18-22-26-30-34-38-42-53(57)58/h3-4,7-10,13-14,45-47H,5-6,11-12,15-44,48H2,1-2H3,(H,55,56)(H,57,58). The molecule has 2 N–H and O–H groups in total. The van der Waals surface area contributed by atoms with Gasteiger partial charge in [0.05, 0.1) is 13.2 Å². The highest BCUT2D eigenvalue weighted by Gasteiger charge is 2.06. The number of rotatable bonds is 44. The van der Waals surface area contributed by atoms with E-state index in [-0.39, 0.29) is 0 Å². The minimum atomic E-state index is -0.679. The minimum Gasteiger partial charge on any atom is -0.493 e. The summed E-state index contributed by atoms with van der Waals surface area (Å²) in [5, 5.41) is 17.3. The van der Waals surface area contributed by atoms with Gasteiger partial charge in [0.1, 0.15) is 11.5 Å². The number of ether oxygens (including phenoxy) is 2. The number of carboxylic acid groups (broad SMARTS) is 2. The lowest BCUT2D eigenvalue weighted by atomic mass is 10.1.